The van der Waals surface area contributed by atoms with Gasteiger partial charge in [-0.2, -0.15) is 5.48 Å². The average Bonchev–Trinajstić information content (AvgIpc) is 2.79. The Morgan fingerprint density at radius 3 is 2.50 bits per heavy atom. The number of benzene rings is 1. The van der Waals surface area contributed by atoms with Crippen LogP contribution >= 0.6 is 0 Å². The number of phenols is 1. The third kappa shape index (κ3) is 3.61. The molecule has 0 heterocycles. The lowest BCUT2D eigenvalue weighted by Crippen LogP contribution is -2.74. The number of ketones is 4. The molecular formula is C25H31N3O8. The van der Waals surface area contributed by atoms with E-state index in [2.05, 4.69) is 5.48 Å². The molecule has 0 aliphatic heterocycles. The van der Waals surface area contributed by atoms with Gasteiger partial charge >= 0.3 is 0 Å². The van der Waals surface area contributed by atoms with Gasteiger partial charge in [-0.1, -0.05) is 6.07 Å². The van der Waals surface area contributed by atoms with Crippen molar-refractivity contribution in [1.82, 2.24) is 10.4 Å². The minimum Gasteiger partial charge on any atom is -0.507 e. The molecule has 0 radical (unpaired) electrons. The Balaban J connectivity index is 1.84. The van der Waals surface area contributed by atoms with E-state index < -0.39 is 64.4 Å². The fourth-order valence-electron chi connectivity index (χ4n) is 6.31. The molecule has 11 nitrogen and oxygen atoms in total. The molecule has 1 aromatic rings. The molecule has 11 heteroatoms. The molecule has 3 unspecified atom stereocenters. The quantitative estimate of drug-likeness (QED) is 0.293. The van der Waals surface area contributed by atoms with Crippen LogP contribution in [-0.4, -0.2) is 76.5 Å². The molecule has 0 saturated heterocycles. The summed E-state index contributed by atoms with van der Waals surface area (Å²) in [5, 5.41) is 22.1. The number of phenolic OH excluding ortho intramolecular Hbond substituents is 1. The number of aromatic hydroxyl groups is 1. The van der Waals surface area contributed by atoms with E-state index in [9.17, 15) is 34.2 Å². The second kappa shape index (κ2) is 9.15. The number of rotatable bonds is 6. The van der Waals surface area contributed by atoms with E-state index in [1.165, 1.54) is 11.0 Å². The number of likely N-dealkylation sites (N-methyl/N-ethyl adjacent to an activating group) is 1. The lowest BCUT2D eigenvalue weighted by molar-refractivity contribution is -0.181. The van der Waals surface area contributed by atoms with Crippen molar-refractivity contribution in [3.05, 3.63) is 28.8 Å². The van der Waals surface area contributed by atoms with Crippen LogP contribution in [0, 0.1) is 23.7 Å². The van der Waals surface area contributed by atoms with Gasteiger partial charge in [0.15, 0.2) is 34.7 Å². The molecule has 4 rings (SSSR count). The number of hydrogen-bond acceptors (Lipinski definition) is 10. The van der Waals surface area contributed by atoms with E-state index in [0.717, 1.165) is 0 Å². The topological polar surface area (TPSA) is 176 Å². The van der Waals surface area contributed by atoms with Crippen molar-refractivity contribution in [2.45, 2.75) is 44.4 Å². The van der Waals surface area contributed by atoms with Crippen molar-refractivity contribution in [1.29, 1.82) is 0 Å². The number of aliphatic hydroxyl groups is 1. The van der Waals surface area contributed by atoms with E-state index >= 15 is 0 Å². The lowest BCUT2D eigenvalue weighted by atomic mass is 9.52. The summed E-state index contributed by atoms with van der Waals surface area (Å²) in [6, 6.07) is 1.56. The summed E-state index contributed by atoms with van der Waals surface area (Å²) >= 11 is 0. The number of carbonyl (C=O) groups is 5. The van der Waals surface area contributed by atoms with Gasteiger partial charge in [0.2, 0.25) is 5.91 Å². The van der Waals surface area contributed by atoms with E-state index in [1.807, 2.05) is 13.8 Å². The molecule has 36 heavy (non-hydrogen) atoms. The van der Waals surface area contributed by atoms with Crippen molar-refractivity contribution in [2.75, 3.05) is 20.7 Å². The van der Waals surface area contributed by atoms with E-state index in [0.29, 0.717) is 17.7 Å². The Hall–Kier alpha value is -2.99. The van der Waals surface area contributed by atoms with E-state index in [1.54, 1.807) is 20.2 Å². The first-order valence-corrected chi connectivity index (χ1v) is 11.9. The number of carbonyl (C=O) groups excluding carboxylic acids is 5. The summed E-state index contributed by atoms with van der Waals surface area (Å²) in [4.78, 5) is 72.6. The zero-order chi connectivity index (χ0) is 26.7. The molecule has 7 atom stereocenters. The highest BCUT2D eigenvalue weighted by Gasteiger charge is 2.69. The van der Waals surface area contributed by atoms with Gasteiger partial charge in [-0.05, 0) is 63.9 Å². The van der Waals surface area contributed by atoms with Gasteiger partial charge in [0.25, 0.3) is 0 Å². The monoisotopic (exact) mass is 501 g/mol. The highest BCUT2D eigenvalue weighted by atomic mass is 16.6. The largest absolute Gasteiger partial charge is 0.507 e. The summed E-state index contributed by atoms with van der Waals surface area (Å²) in [5.41, 5.74) is 6.67. The Morgan fingerprint density at radius 1 is 1.25 bits per heavy atom. The maximum atomic E-state index is 13.8. The summed E-state index contributed by atoms with van der Waals surface area (Å²) < 4.78 is 0. The molecule has 1 aromatic carbocycles. The zero-order valence-corrected chi connectivity index (χ0v) is 20.6. The van der Waals surface area contributed by atoms with Crippen molar-refractivity contribution >= 4 is 29.0 Å². The van der Waals surface area contributed by atoms with Crippen LogP contribution in [0.4, 0.5) is 0 Å². The first-order valence-electron chi connectivity index (χ1n) is 11.9. The maximum Gasteiger partial charge on any atom is 0.235 e. The summed E-state index contributed by atoms with van der Waals surface area (Å²) in [5.74, 6) is -10.6. The summed E-state index contributed by atoms with van der Waals surface area (Å²) in [7, 11) is 3.10. The molecule has 3 aliphatic rings. The number of Topliss-reactive ketones (excluding diaryl/α,β-unsaturated/α-hetero) is 4. The van der Waals surface area contributed by atoms with Crippen LogP contribution in [-0.2, 0) is 30.4 Å². The first kappa shape index (κ1) is 26.1. The van der Waals surface area contributed by atoms with Crippen LogP contribution in [0.1, 0.15) is 47.8 Å². The number of fused-ring (bicyclic) bond motifs is 3. The van der Waals surface area contributed by atoms with Gasteiger partial charge in [0.1, 0.15) is 5.75 Å². The standard InChI is InChI=1S/C25H31N3O8/c1-5-36-27-10(2)12-6-7-15(29)17-13(12)8-11-9-14-19(28(3)4)21(31)18(24(26)34)23(33)25(14,35)22(32)16(11)20(17)30/h6-7,10-11,14,16,18-19,27,29,35H,5,8-9H2,1-4H3,(H2,26,34)/t10?,11-,14-,16?,18?,19-,25-/m0/s1. The summed E-state index contributed by atoms with van der Waals surface area (Å²) in [6.45, 7) is 4.04. The molecule has 2 fully saturated rings. The number of nitrogens with zero attached hydrogens (tertiary/aromatic N) is 1. The smallest absolute Gasteiger partial charge is 0.235 e. The molecule has 0 bridgehead atoms. The van der Waals surface area contributed by atoms with Crippen LogP contribution in [0.5, 0.6) is 5.75 Å². The fraction of sp³-hybridized carbons (Fsp3) is 0.560. The molecule has 0 spiro atoms. The molecular weight excluding hydrogens is 470 g/mol. The SMILES string of the molecule is CCONC(C)c1ccc(O)c2c1C[C@H]1C[C@H]3[C@H](N(C)C)C(=O)C(C(N)=O)C(=O)[C@@]3(O)C(=O)C1C2=O. The van der Waals surface area contributed by atoms with Gasteiger partial charge in [0.05, 0.1) is 30.2 Å². The number of hydroxylamine groups is 1. The van der Waals surface area contributed by atoms with Crippen LogP contribution in [0.15, 0.2) is 12.1 Å². The van der Waals surface area contributed by atoms with Crippen LogP contribution in [0.25, 0.3) is 0 Å². The van der Waals surface area contributed by atoms with Crippen molar-refractivity contribution in [3.8, 4) is 5.75 Å². The molecule has 3 aliphatic carbocycles. The first-order chi connectivity index (χ1) is 16.9. The van der Waals surface area contributed by atoms with Crippen LogP contribution < -0.4 is 11.2 Å². The molecule has 2 saturated carbocycles. The van der Waals surface area contributed by atoms with Crippen LogP contribution in [0.2, 0.25) is 0 Å². The van der Waals surface area contributed by atoms with Crippen molar-refractivity contribution < 1.29 is 39.0 Å². The molecule has 194 valence electrons. The number of nitrogens with two attached hydrogens (primary N) is 1. The predicted molar refractivity (Wildman–Crippen MR) is 125 cm³/mol. The Labute approximate surface area is 207 Å². The third-order valence-corrected chi connectivity index (χ3v) is 7.85. The predicted octanol–water partition coefficient (Wildman–Crippen LogP) is -0.531. The number of amides is 1. The normalized spacial score (nSPS) is 32.7. The second-order valence-electron chi connectivity index (χ2n) is 10.1. The van der Waals surface area contributed by atoms with Gasteiger partial charge in [-0.15, -0.1) is 0 Å². The zero-order valence-electron chi connectivity index (χ0n) is 20.6. The molecule has 0 aromatic heterocycles. The number of hydrogen-bond donors (Lipinski definition) is 4. The second-order valence-corrected chi connectivity index (χ2v) is 10.1. The third-order valence-electron chi connectivity index (χ3n) is 7.85. The van der Waals surface area contributed by atoms with Gasteiger partial charge < -0.3 is 20.8 Å². The van der Waals surface area contributed by atoms with E-state index in [4.69, 9.17) is 10.6 Å². The van der Waals surface area contributed by atoms with Crippen molar-refractivity contribution in [2.24, 2.45) is 29.4 Å². The summed E-state index contributed by atoms with van der Waals surface area (Å²) in [6.07, 6.45) is 0.208. The highest BCUT2D eigenvalue weighted by molar-refractivity contribution is 6.32. The van der Waals surface area contributed by atoms with Crippen molar-refractivity contribution in [3.63, 3.8) is 0 Å². The maximum absolute atomic E-state index is 13.8. The van der Waals surface area contributed by atoms with Crippen LogP contribution in [0.3, 0.4) is 0 Å². The Kier molecular flexibility index (Phi) is 6.63. The van der Waals surface area contributed by atoms with E-state index in [-0.39, 0.29) is 30.2 Å². The highest BCUT2D eigenvalue weighted by Crippen LogP contribution is 2.51. The van der Waals surface area contributed by atoms with Gasteiger partial charge in [-0.25, -0.2) is 0 Å². The minimum absolute atomic E-state index is 0.00621. The number of nitrogens with one attached hydrogen (secondary N) is 1. The van der Waals surface area contributed by atoms with Gasteiger partial charge in [0, 0.05) is 5.92 Å². The molecule has 1 amide bonds. The van der Waals surface area contributed by atoms with Gasteiger partial charge in [-0.3, -0.25) is 28.9 Å². The molecule has 5 N–H and O–H groups in total. The number of primary amides is 1. The Morgan fingerprint density at radius 2 is 1.92 bits per heavy atom. The average molecular weight is 502 g/mol. The minimum atomic E-state index is -2.73. The lowest BCUT2D eigenvalue weighted by Gasteiger charge is -2.52. The fourth-order valence-corrected chi connectivity index (χ4v) is 6.31. The Bertz CT molecular complexity index is 1160.